The Hall–Kier alpha value is -2.64. The van der Waals surface area contributed by atoms with Gasteiger partial charge in [0, 0.05) is 32.9 Å². The van der Waals surface area contributed by atoms with Gasteiger partial charge in [-0.3, -0.25) is 0 Å². The standard InChI is InChI=1S/C16H9N/c1-3-11-6-8-15-14(9-11)13-7-5-12(4-2)10-16(13)17-15/h1-2,5-10,17H. The summed E-state index contributed by atoms with van der Waals surface area (Å²) in [5.41, 5.74) is 3.89. The first-order valence-electron chi connectivity index (χ1n) is 5.30. The predicted molar refractivity (Wildman–Crippen MR) is 71.7 cm³/mol. The maximum atomic E-state index is 5.41. The highest BCUT2D eigenvalue weighted by molar-refractivity contribution is 6.07. The number of benzene rings is 2. The zero-order chi connectivity index (χ0) is 11.8. The molecule has 0 aliphatic rings. The number of fused-ring (bicyclic) bond motifs is 3. The van der Waals surface area contributed by atoms with Gasteiger partial charge < -0.3 is 4.98 Å². The first-order chi connectivity index (χ1) is 8.31. The summed E-state index contributed by atoms with van der Waals surface area (Å²) >= 11 is 0. The van der Waals surface area contributed by atoms with E-state index in [2.05, 4.69) is 16.8 Å². The van der Waals surface area contributed by atoms with Gasteiger partial charge in [0.2, 0.25) is 0 Å². The summed E-state index contributed by atoms with van der Waals surface area (Å²) in [6, 6.07) is 11.9. The molecule has 3 aromatic rings. The highest BCUT2D eigenvalue weighted by Gasteiger charge is 2.04. The van der Waals surface area contributed by atoms with Gasteiger partial charge in [0.15, 0.2) is 0 Å². The highest BCUT2D eigenvalue weighted by atomic mass is 14.7. The lowest BCUT2D eigenvalue weighted by molar-refractivity contribution is 1.53. The molecule has 0 bridgehead atoms. The fourth-order valence-electron chi connectivity index (χ4n) is 2.08. The first-order valence-corrected chi connectivity index (χ1v) is 5.30. The van der Waals surface area contributed by atoms with Crippen LogP contribution in [0.15, 0.2) is 36.4 Å². The minimum atomic E-state index is 0.876. The normalized spacial score (nSPS) is 10.2. The second-order valence-corrected chi connectivity index (χ2v) is 3.93. The van der Waals surface area contributed by atoms with Gasteiger partial charge in [0.05, 0.1) is 0 Å². The third kappa shape index (κ3) is 1.38. The quantitative estimate of drug-likeness (QED) is 0.554. The molecule has 0 amide bonds. The Labute approximate surface area is 99.5 Å². The topological polar surface area (TPSA) is 15.8 Å². The molecule has 0 spiro atoms. The average molecular weight is 215 g/mol. The van der Waals surface area contributed by atoms with Crippen LogP contribution in [0.2, 0.25) is 0 Å². The number of H-pyrrole nitrogens is 1. The Morgan fingerprint density at radius 2 is 1.47 bits per heavy atom. The Morgan fingerprint density at radius 3 is 2.24 bits per heavy atom. The smallest absolute Gasteiger partial charge is 0.0477 e. The van der Waals surface area contributed by atoms with Gasteiger partial charge in [0.1, 0.15) is 0 Å². The largest absolute Gasteiger partial charge is 0.354 e. The summed E-state index contributed by atoms with van der Waals surface area (Å²) in [5.74, 6) is 5.28. The second kappa shape index (κ2) is 3.44. The van der Waals surface area contributed by atoms with Crippen LogP contribution in [0.5, 0.6) is 0 Å². The maximum absolute atomic E-state index is 5.41. The van der Waals surface area contributed by atoms with Crippen molar-refractivity contribution < 1.29 is 0 Å². The Morgan fingerprint density at radius 1 is 0.765 bits per heavy atom. The number of hydrogen-bond donors (Lipinski definition) is 1. The van der Waals surface area contributed by atoms with E-state index in [-0.39, 0.29) is 0 Å². The van der Waals surface area contributed by atoms with Crippen LogP contribution in [0.4, 0.5) is 0 Å². The highest BCUT2D eigenvalue weighted by Crippen LogP contribution is 2.26. The fraction of sp³-hybridized carbons (Fsp3) is 0. The van der Waals surface area contributed by atoms with E-state index in [0.29, 0.717) is 0 Å². The van der Waals surface area contributed by atoms with Crippen molar-refractivity contribution in [3.63, 3.8) is 0 Å². The Balaban J connectivity index is 2.44. The van der Waals surface area contributed by atoms with Gasteiger partial charge in [-0.1, -0.05) is 17.9 Å². The summed E-state index contributed by atoms with van der Waals surface area (Å²) in [6.45, 7) is 0. The number of aromatic amines is 1. The zero-order valence-electron chi connectivity index (χ0n) is 9.12. The van der Waals surface area contributed by atoms with E-state index in [9.17, 15) is 0 Å². The van der Waals surface area contributed by atoms with E-state index >= 15 is 0 Å². The molecule has 1 nitrogen and oxygen atoms in total. The van der Waals surface area contributed by atoms with Crippen molar-refractivity contribution in [2.24, 2.45) is 0 Å². The minimum absolute atomic E-state index is 0.876. The van der Waals surface area contributed by atoms with Gasteiger partial charge in [0.25, 0.3) is 0 Å². The van der Waals surface area contributed by atoms with Crippen molar-refractivity contribution >= 4 is 21.8 Å². The summed E-state index contributed by atoms with van der Waals surface area (Å²) in [7, 11) is 0. The van der Waals surface area contributed by atoms with Gasteiger partial charge in [-0.05, 0) is 30.3 Å². The van der Waals surface area contributed by atoms with Crippen molar-refractivity contribution in [2.45, 2.75) is 0 Å². The van der Waals surface area contributed by atoms with Crippen LogP contribution < -0.4 is 0 Å². The molecule has 1 N–H and O–H groups in total. The average Bonchev–Trinajstić information content (AvgIpc) is 2.74. The monoisotopic (exact) mass is 215 g/mol. The lowest BCUT2D eigenvalue weighted by atomic mass is 10.1. The molecule has 0 fully saturated rings. The molecule has 3 rings (SSSR count). The second-order valence-electron chi connectivity index (χ2n) is 3.93. The molecule has 1 heterocycles. The lowest BCUT2D eigenvalue weighted by Gasteiger charge is -1.93. The molecule has 0 atom stereocenters. The molecule has 0 saturated carbocycles. The van der Waals surface area contributed by atoms with Crippen LogP contribution in [0.25, 0.3) is 21.8 Å². The molecule has 17 heavy (non-hydrogen) atoms. The van der Waals surface area contributed by atoms with Gasteiger partial charge in [-0.15, -0.1) is 12.8 Å². The van der Waals surface area contributed by atoms with E-state index in [1.54, 1.807) is 0 Å². The van der Waals surface area contributed by atoms with E-state index in [1.165, 1.54) is 0 Å². The van der Waals surface area contributed by atoms with Crippen molar-refractivity contribution in [1.82, 2.24) is 4.98 Å². The molecule has 0 aliphatic heterocycles. The van der Waals surface area contributed by atoms with Gasteiger partial charge in [-0.2, -0.15) is 0 Å². The third-order valence-corrected chi connectivity index (χ3v) is 2.93. The molecule has 0 saturated heterocycles. The first kappa shape index (κ1) is 9.58. The lowest BCUT2D eigenvalue weighted by Crippen LogP contribution is -1.73. The van der Waals surface area contributed by atoms with Crippen molar-refractivity contribution in [1.29, 1.82) is 0 Å². The minimum Gasteiger partial charge on any atom is -0.354 e. The number of rotatable bonds is 0. The molecule has 78 valence electrons. The van der Waals surface area contributed by atoms with Crippen molar-refractivity contribution in [3.05, 3.63) is 47.5 Å². The van der Waals surface area contributed by atoms with Crippen LogP contribution in [-0.4, -0.2) is 4.98 Å². The molecule has 0 aliphatic carbocycles. The molecule has 0 radical (unpaired) electrons. The van der Waals surface area contributed by atoms with E-state index in [1.807, 2.05) is 36.4 Å². The summed E-state index contributed by atoms with van der Waals surface area (Å²) in [4.78, 5) is 3.34. The molecule has 0 unspecified atom stereocenters. The Bertz CT molecular complexity index is 807. The zero-order valence-corrected chi connectivity index (χ0v) is 9.12. The van der Waals surface area contributed by atoms with Crippen molar-refractivity contribution in [2.75, 3.05) is 0 Å². The maximum Gasteiger partial charge on any atom is 0.0477 e. The molecular weight excluding hydrogens is 206 g/mol. The van der Waals surface area contributed by atoms with Crippen LogP contribution >= 0.6 is 0 Å². The summed E-state index contributed by atoms with van der Waals surface area (Å²) in [6.07, 6.45) is 10.8. The van der Waals surface area contributed by atoms with Gasteiger partial charge >= 0.3 is 0 Å². The molecule has 1 aromatic heterocycles. The summed E-state index contributed by atoms with van der Waals surface area (Å²) < 4.78 is 0. The molecular formula is C16H9N. The SMILES string of the molecule is C#Cc1ccc2c(c1)[nH]c1ccc(C#C)cc12. The van der Waals surface area contributed by atoms with Gasteiger partial charge in [-0.25, -0.2) is 0 Å². The Kier molecular flexibility index (Phi) is 1.94. The third-order valence-electron chi connectivity index (χ3n) is 2.93. The number of terminal acetylenes is 2. The molecule has 1 heteroatoms. The van der Waals surface area contributed by atoms with Crippen molar-refractivity contribution in [3.8, 4) is 24.7 Å². The van der Waals surface area contributed by atoms with Crippen LogP contribution in [0.1, 0.15) is 11.1 Å². The van der Waals surface area contributed by atoms with Crippen LogP contribution in [0, 0.1) is 24.7 Å². The van der Waals surface area contributed by atoms with E-state index in [0.717, 1.165) is 32.9 Å². The number of hydrogen-bond acceptors (Lipinski definition) is 0. The summed E-state index contributed by atoms with van der Waals surface area (Å²) in [5, 5.41) is 2.29. The fourth-order valence-corrected chi connectivity index (χ4v) is 2.08. The van der Waals surface area contributed by atoms with Crippen LogP contribution in [-0.2, 0) is 0 Å². The van der Waals surface area contributed by atoms with Crippen LogP contribution in [0.3, 0.4) is 0 Å². The molecule has 2 aromatic carbocycles. The van der Waals surface area contributed by atoms with E-state index in [4.69, 9.17) is 12.8 Å². The number of aromatic nitrogens is 1. The predicted octanol–water partition coefficient (Wildman–Crippen LogP) is 3.28. The van der Waals surface area contributed by atoms with E-state index < -0.39 is 0 Å². The number of nitrogens with one attached hydrogen (secondary N) is 1.